The van der Waals surface area contributed by atoms with Crippen molar-refractivity contribution in [1.29, 1.82) is 0 Å². The number of esters is 1. The number of phosphoric ester groups is 1. The second kappa shape index (κ2) is 49.9. The Labute approximate surface area is 382 Å². The number of ether oxygens (including phenoxy) is 2. The maximum atomic E-state index is 12.7. The molecule has 360 valence electrons. The predicted octanol–water partition coefficient (Wildman–Crippen LogP) is 15.9. The van der Waals surface area contributed by atoms with Crippen molar-refractivity contribution >= 4 is 13.8 Å². The third-order valence-corrected chi connectivity index (χ3v) is 11.6. The molecule has 0 amide bonds. The van der Waals surface area contributed by atoms with Gasteiger partial charge in [0.15, 0.2) is 0 Å². The van der Waals surface area contributed by atoms with E-state index >= 15 is 0 Å². The molecule has 0 spiro atoms. The molecule has 0 aliphatic rings. The van der Waals surface area contributed by atoms with E-state index in [0.29, 0.717) is 13.0 Å². The van der Waals surface area contributed by atoms with Crippen LogP contribution in [0.25, 0.3) is 0 Å². The summed E-state index contributed by atoms with van der Waals surface area (Å²) in [6, 6.07) is 0. The Hall–Kier alpha value is -2.06. The maximum absolute atomic E-state index is 12.7. The average Bonchev–Trinajstić information content (AvgIpc) is 3.26. The van der Waals surface area contributed by atoms with Crippen molar-refractivity contribution in [3.8, 4) is 0 Å². The van der Waals surface area contributed by atoms with Crippen LogP contribution >= 0.6 is 7.82 Å². The van der Waals surface area contributed by atoms with E-state index < -0.39 is 13.9 Å². The van der Waals surface area contributed by atoms with E-state index in [9.17, 15) is 14.3 Å². The first-order valence-electron chi connectivity index (χ1n) is 25.4. The quantitative estimate of drug-likeness (QED) is 0.0268. The smallest absolute Gasteiger partial charge is 0.457 e. The van der Waals surface area contributed by atoms with Crippen LogP contribution in [-0.4, -0.2) is 49.9 Å². The van der Waals surface area contributed by atoms with Crippen LogP contribution in [0.2, 0.25) is 0 Å². The van der Waals surface area contributed by atoms with Gasteiger partial charge >= 0.3 is 13.8 Å². The number of carbonyl (C=O) groups is 1. The van der Waals surface area contributed by atoms with Gasteiger partial charge in [-0.3, -0.25) is 13.8 Å². The monoisotopic (exact) mass is 890 g/mol. The number of hydrogen-bond donors (Lipinski definition) is 2. The normalized spacial score (nSPS) is 13.9. The maximum Gasteiger partial charge on any atom is 0.472 e. The Bertz CT molecular complexity index is 1180. The number of unbranched alkanes of at least 4 members (excludes halogenated alkanes) is 23. The van der Waals surface area contributed by atoms with Crippen LogP contribution in [0, 0.1) is 0 Å². The minimum absolute atomic E-state index is 0.0964. The molecular formula is C53H96NO7P. The van der Waals surface area contributed by atoms with Crippen molar-refractivity contribution in [2.24, 2.45) is 5.73 Å². The summed E-state index contributed by atoms with van der Waals surface area (Å²) < 4.78 is 33.6. The van der Waals surface area contributed by atoms with Gasteiger partial charge in [-0.15, -0.1) is 0 Å². The average molecular weight is 890 g/mol. The Morgan fingerprint density at radius 3 is 1.35 bits per heavy atom. The topological polar surface area (TPSA) is 117 Å². The van der Waals surface area contributed by atoms with Gasteiger partial charge in [-0.2, -0.15) is 0 Å². The molecule has 0 fully saturated rings. The molecule has 0 radical (unpaired) electrons. The Kier molecular flexibility index (Phi) is 48.3. The highest BCUT2D eigenvalue weighted by Crippen LogP contribution is 2.43. The summed E-state index contributed by atoms with van der Waals surface area (Å²) in [6.07, 6.45) is 63.6. The molecule has 0 saturated heterocycles. The molecule has 62 heavy (non-hydrogen) atoms. The van der Waals surface area contributed by atoms with Gasteiger partial charge in [-0.05, 0) is 83.5 Å². The molecule has 0 heterocycles. The largest absolute Gasteiger partial charge is 0.472 e. The van der Waals surface area contributed by atoms with Crippen LogP contribution in [0.5, 0.6) is 0 Å². The molecule has 9 heteroatoms. The van der Waals surface area contributed by atoms with Gasteiger partial charge in [0, 0.05) is 19.6 Å². The second-order valence-electron chi connectivity index (χ2n) is 16.6. The van der Waals surface area contributed by atoms with Crippen molar-refractivity contribution < 1.29 is 32.8 Å². The van der Waals surface area contributed by atoms with Crippen molar-refractivity contribution in [3.63, 3.8) is 0 Å². The summed E-state index contributed by atoms with van der Waals surface area (Å²) in [6.45, 7) is 4.78. The summed E-state index contributed by atoms with van der Waals surface area (Å²) in [5.74, 6) is -0.336. The van der Waals surface area contributed by atoms with E-state index in [-0.39, 0.29) is 32.3 Å². The number of phosphoric acid groups is 1. The molecule has 0 bridgehead atoms. The number of hydrogen-bond acceptors (Lipinski definition) is 7. The van der Waals surface area contributed by atoms with Gasteiger partial charge < -0.3 is 20.1 Å². The highest BCUT2D eigenvalue weighted by atomic mass is 31.2. The van der Waals surface area contributed by atoms with E-state index in [4.69, 9.17) is 24.3 Å². The number of carbonyl (C=O) groups excluding carboxylic acids is 1. The molecule has 2 unspecified atom stereocenters. The van der Waals surface area contributed by atoms with E-state index in [1.54, 1.807) is 0 Å². The fourth-order valence-corrected chi connectivity index (χ4v) is 7.67. The van der Waals surface area contributed by atoms with E-state index in [0.717, 1.165) is 64.2 Å². The van der Waals surface area contributed by atoms with Gasteiger partial charge in [0.2, 0.25) is 0 Å². The first-order valence-corrected chi connectivity index (χ1v) is 26.9. The Morgan fingerprint density at radius 1 is 0.500 bits per heavy atom. The summed E-state index contributed by atoms with van der Waals surface area (Å²) in [7, 11) is -4.29. The van der Waals surface area contributed by atoms with Gasteiger partial charge in [-0.25, -0.2) is 4.57 Å². The van der Waals surface area contributed by atoms with Gasteiger partial charge in [0.25, 0.3) is 0 Å². The number of rotatable bonds is 48. The number of allylic oxidation sites excluding steroid dienone is 12. The zero-order chi connectivity index (χ0) is 45.1. The van der Waals surface area contributed by atoms with Crippen LogP contribution < -0.4 is 5.73 Å². The molecule has 0 aromatic carbocycles. The van der Waals surface area contributed by atoms with Gasteiger partial charge in [-0.1, -0.05) is 202 Å². The summed E-state index contributed by atoms with van der Waals surface area (Å²) in [5, 5.41) is 0. The second-order valence-corrected chi connectivity index (χ2v) is 18.1. The fourth-order valence-electron chi connectivity index (χ4n) is 6.90. The fraction of sp³-hybridized carbons (Fsp3) is 0.755. The molecule has 0 aliphatic carbocycles. The SMILES string of the molecule is CC/C=C\C/C=C\C/C=C\C/C=C\CCCCCCCCCCCCCOCC(COP(=O)(O)OCCN)OC(=O)CCCCCCCCCCC/C=C\C/C=C\CCCCC. The molecule has 0 rings (SSSR count). The lowest BCUT2D eigenvalue weighted by molar-refractivity contribution is -0.154. The minimum atomic E-state index is -4.29. The summed E-state index contributed by atoms with van der Waals surface area (Å²) in [4.78, 5) is 22.6. The summed E-state index contributed by atoms with van der Waals surface area (Å²) >= 11 is 0. The van der Waals surface area contributed by atoms with E-state index in [2.05, 4.69) is 86.8 Å². The highest BCUT2D eigenvalue weighted by molar-refractivity contribution is 7.47. The summed E-state index contributed by atoms with van der Waals surface area (Å²) in [5.41, 5.74) is 5.39. The van der Waals surface area contributed by atoms with Crippen LogP contribution in [0.3, 0.4) is 0 Å². The van der Waals surface area contributed by atoms with Crippen LogP contribution in [0.4, 0.5) is 0 Å². The van der Waals surface area contributed by atoms with Crippen LogP contribution in [-0.2, 0) is 27.9 Å². The Morgan fingerprint density at radius 2 is 0.903 bits per heavy atom. The van der Waals surface area contributed by atoms with Crippen LogP contribution in [0.1, 0.15) is 219 Å². The third-order valence-electron chi connectivity index (χ3n) is 10.6. The molecule has 2 atom stereocenters. The molecular weight excluding hydrogens is 794 g/mol. The predicted molar refractivity (Wildman–Crippen MR) is 265 cm³/mol. The zero-order valence-electron chi connectivity index (χ0n) is 40.1. The van der Waals surface area contributed by atoms with E-state index in [1.807, 2.05) is 0 Å². The zero-order valence-corrected chi connectivity index (χ0v) is 41.0. The molecule has 0 aromatic rings. The van der Waals surface area contributed by atoms with Crippen molar-refractivity contribution in [2.45, 2.75) is 225 Å². The first kappa shape index (κ1) is 59.9. The molecule has 0 saturated carbocycles. The Balaban J connectivity index is 3.96. The molecule has 0 aliphatic heterocycles. The molecule has 3 N–H and O–H groups in total. The van der Waals surface area contributed by atoms with Gasteiger partial charge in [0.1, 0.15) is 6.10 Å². The van der Waals surface area contributed by atoms with Crippen molar-refractivity contribution in [3.05, 3.63) is 72.9 Å². The lowest BCUT2D eigenvalue weighted by atomic mass is 10.1. The van der Waals surface area contributed by atoms with E-state index in [1.165, 1.54) is 135 Å². The molecule has 8 nitrogen and oxygen atoms in total. The third kappa shape index (κ3) is 49.0. The standard InChI is InChI=1S/C53H96NO7P/c1-3-5-7-9-11-13-15-17-19-21-23-24-25-26-27-29-31-33-35-37-39-41-43-45-48-58-50-52(51-60-62(56,57)59-49-47-54)61-53(55)46-44-42-40-38-36-34-32-30-28-22-20-18-16-14-12-10-8-6-4-2/h5,7,11-14,17-20,23-24,52H,3-4,6,8-10,15-16,21-22,25-51,54H2,1-2H3,(H,56,57)/b7-5-,13-11-,14-12-,19-17-,20-18-,24-23-. The number of nitrogens with two attached hydrogens (primary N) is 1. The van der Waals surface area contributed by atoms with Crippen LogP contribution in [0.15, 0.2) is 72.9 Å². The highest BCUT2D eigenvalue weighted by Gasteiger charge is 2.25. The van der Waals surface area contributed by atoms with Crippen molar-refractivity contribution in [1.82, 2.24) is 0 Å². The molecule has 0 aromatic heterocycles. The van der Waals surface area contributed by atoms with Gasteiger partial charge in [0.05, 0.1) is 19.8 Å². The van der Waals surface area contributed by atoms with Crippen molar-refractivity contribution in [2.75, 3.05) is 33.0 Å². The first-order chi connectivity index (χ1) is 30.4. The lowest BCUT2D eigenvalue weighted by Crippen LogP contribution is -2.28. The lowest BCUT2D eigenvalue weighted by Gasteiger charge is -2.20. The minimum Gasteiger partial charge on any atom is -0.457 e.